The average molecular weight is 201 g/mol. The molecule has 15 heavy (non-hydrogen) atoms. The van der Waals surface area contributed by atoms with Crippen molar-refractivity contribution < 1.29 is 0 Å². The highest BCUT2D eigenvalue weighted by molar-refractivity contribution is 5.47. The van der Waals surface area contributed by atoms with Gasteiger partial charge in [0, 0.05) is 25.1 Å². The number of nitrogens with zero attached hydrogens (tertiary/aromatic N) is 5. The Morgan fingerprint density at radius 1 is 1.27 bits per heavy atom. The van der Waals surface area contributed by atoms with E-state index in [1.807, 2.05) is 10.8 Å². The summed E-state index contributed by atoms with van der Waals surface area (Å²) in [6.07, 6.45) is 8.47. The van der Waals surface area contributed by atoms with Crippen LogP contribution in [0.25, 0.3) is 17.8 Å². The number of rotatable bonds is 4. The van der Waals surface area contributed by atoms with Gasteiger partial charge in [-0.1, -0.05) is 12.7 Å². The molecule has 0 saturated heterocycles. The minimum atomic E-state index is 0.678. The van der Waals surface area contributed by atoms with E-state index in [9.17, 15) is 0 Å². The van der Waals surface area contributed by atoms with Crippen LogP contribution in [-0.2, 0) is 6.54 Å². The summed E-state index contributed by atoms with van der Waals surface area (Å²) in [5.74, 6) is 1.43. The maximum Gasteiger partial charge on any atom is 0.198 e. The van der Waals surface area contributed by atoms with Crippen molar-refractivity contribution in [3.05, 3.63) is 38.0 Å². The van der Waals surface area contributed by atoms with Crippen molar-refractivity contribution in [2.75, 3.05) is 0 Å². The largest absolute Gasteiger partial charge is 0.325 e. The molecule has 2 aromatic heterocycles. The number of hydrogen-bond acceptors (Lipinski definition) is 3. The lowest BCUT2D eigenvalue weighted by Gasteiger charge is -2.03. The molecule has 0 unspecified atom stereocenters. The molecule has 0 bridgehead atoms. The zero-order valence-corrected chi connectivity index (χ0v) is 8.24. The third-order valence-corrected chi connectivity index (χ3v) is 1.99. The van der Waals surface area contributed by atoms with Gasteiger partial charge < -0.3 is 4.57 Å². The summed E-state index contributed by atoms with van der Waals surface area (Å²) in [7, 11) is 0. The first-order chi connectivity index (χ1) is 7.36. The molecule has 0 atom stereocenters. The van der Waals surface area contributed by atoms with Crippen LogP contribution in [0.3, 0.4) is 0 Å². The van der Waals surface area contributed by atoms with Gasteiger partial charge in [-0.2, -0.15) is 5.10 Å². The van der Waals surface area contributed by atoms with Gasteiger partial charge in [-0.3, -0.25) is 0 Å². The standard InChI is InChI=1S/C10H11N5/c1-3-6-14-7-5-11-9(14)10-12-8-13-15(10)4-2/h3-5,7-8H,1-2,6H2. The quantitative estimate of drug-likeness (QED) is 0.703. The highest BCUT2D eigenvalue weighted by atomic mass is 15.3. The van der Waals surface area contributed by atoms with Gasteiger partial charge in [-0.25, -0.2) is 14.6 Å². The molecule has 0 aromatic carbocycles. The predicted molar refractivity (Wildman–Crippen MR) is 57.8 cm³/mol. The van der Waals surface area contributed by atoms with Crippen molar-refractivity contribution >= 4 is 6.20 Å². The van der Waals surface area contributed by atoms with Crippen LogP contribution < -0.4 is 0 Å². The van der Waals surface area contributed by atoms with Crippen molar-refractivity contribution in [3.8, 4) is 11.6 Å². The minimum Gasteiger partial charge on any atom is -0.325 e. The summed E-state index contributed by atoms with van der Waals surface area (Å²) < 4.78 is 3.53. The van der Waals surface area contributed by atoms with Gasteiger partial charge in [-0.15, -0.1) is 6.58 Å². The first-order valence-electron chi connectivity index (χ1n) is 4.51. The summed E-state index contributed by atoms with van der Waals surface area (Å²) >= 11 is 0. The van der Waals surface area contributed by atoms with Crippen LogP contribution in [0, 0.1) is 0 Å². The highest BCUT2D eigenvalue weighted by Crippen LogP contribution is 2.13. The second kappa shape index (κ2) is 3.91. The molecule has 5 nitrogen and oxygen atoms in total. The Bertz CT molecular complexity index is 479. The second-order valence-corrected chi connectivity index (χ2v) is 2.90. The Morgan fingerprint density at radius 3 is 2.87 bits per heavy atom. The van der Waals surface area contributed by atoms with Crippen LogP contribution in [-0.4, -0.2) is 24.3 Å². The van der Waals surface area contributed by atoms with E-state index in [0.717, 1.165) is 5.82 Å². The molecule has 76 valence electrons. The average Bonchev–Trinajstić information content (AvgIpc) is 2.84. The Balaban J connectivity index is 2.48. The molecule has 0 fully saturated rings. The summed E-state index contributed by atoms with van der Waals surface area (Å²) in [5.41, 5.74) is 0. The van der Waals surface area contributed by atoms with Gasteiger partial charge in [0.15, 0.2) is 11.6 Å². The van der Waals surface area contributed by atoms with E-state index in [1.54, 1.807) is 23.2 Å². The highest BCUT2D eigenvalue weighted by Gasteiger charge is 2.10. The summed E-state index contributed by atoms with van der Waals surface area (Å²) in [4.78, 5) is 8.37. The Hall–Kier alpha value is -2.17. The first-order valence-corrected chi connectivity index (χ1v) is 4.51. The van der Waals surface area contributed by atoms with Crippen molar-refractivity contribution in [2.45, 2.75) is 6.54 Å². The van der Waals surface area contributed by atoms with Crippen LogP contribution in [0.2, 0.25) is 0 Å². The number of hydrogen-bond donors (Lipinski definition) is 0. The molecule has 2 rings (SSSR count). The predicted octanol–water partition coefficient (Wildman–Crippen LogP) is 1.43. The van der Waals surface area contributed by atoms with Crippen molar-refractivity contribution in [1.29, 1.82) is 0 Å². The van der Waals surface area contributed by atoms with Crippen LogP contribution in [0.5, 0.6) is 0 Å². The molecule has 0 saturated carbocycles. The molecular weight excluding hydrogens is 190 g/mol. The lowest BCUT2D eigenvalue weighted by atomic mass is 10.5. The molecule has 0 aliphatic heterocycles. The molecule has 2 heterocycles. The van der Waals surface area contributed by atoms with Crippen LogP contribution >= 0.6 is 0 Å². The van der Waals surface area contributed by atoms with E-state index in [0.29, 0.717) is 12.4 Å². The normalized spacial score (nSPS) is 10.1. The maximum atomic E-state index is 4.23. The van der Waals surface area contributed by atoms with Gasteiger partial charge in [0.2, 0.25) is 0 Å². The van der Waals surface area contributed by atoms with E-state index in [1.165, 1.54) is 6.33 Å². The molecule has 0 radical (unpaired) electrons. The number of aromatic nitrogens is 5. The summed E-state index contributed by atoms with van der Waals surface area (Å²) in [6, 6.07) is 0. The summed E-state index contributed by atoms with van der Waals surface area (Å²) in [6.45, 7) is 8.04. The van der Waals surface area contributed by atoms with E-state index >= 15 is 0 Å². The van der Waals surface area contributed by atoms with Crippen LogP contribution in [0.4, 0.5) is 0 Å². The molecular formula is C10H11N5. The van der Waals surface area contributed by atoms with Gasteiger partial charge in [0.05, 0.1) is 0 Å². The minimum absolute atomic E-state index is 0.678. The third kappa shape index (κ3) is 1.59. The molecule has 0 aliphatic carbocycles. The molecule has 5 heteroatoms. The zero-order valence-electron chi connectivity index (χ0n) is 8.24. The summed E-state index contributed by atoms with van der Waals surface area (Å²) in [5, 5.41) is 4.00. The monoisotopic (exact) mass is 201 g/mol. The molecule has 0 amide bonds. The van der Waals surface area contributed by atoms with E-state index in [-0.39, 0.29) is 0 Å². The number of allylic oxidation sites excluding steroid dienone is 1. The molecule has 0 N–H and O–H groups in total. The maximum absolute atomic E-state index is 4.23. The Labute approximate surface area is 87.4 Å². The molecule has 0 aliphatic rings. The van der Waals surface area contributed by atoms with Crippen molar-refractivity contribution in [2.24, 2.45) is 0 Å². The first kappa shape index (κ1) is 9.39. The fourth-order valence-corrected chi connectivity index (χ4v) is 1.35. The van der Waals surface area contributed by atoms with Gasteiger partial charge >= 0.3 is 0 Å². The van der Waals surface area contributed by atoms with Crippen molar-refractivity contribution in [3.63, 3.8) is 0 Å². The fourth-order valence-electron chi connectivity index (χ4n) is 1.35. The fraction of sp³-hybridized carbons (Fsp3) is 0.100. The number of imidazole rings is 1. The van der Waals surface area contributed by atoms with Crippen LogP contribution in [0.15, 0.2) is 38.0 Å². The van der Waals surface area contributed by atoms with Gasteiger partial charge in [0.1, 0.15) is 6.33 Å². The zero-order chi connectivity index (χ0) is 10.7. The Morgan fingerprint density at radius 2 is 2.13 bits per heavy atom. The third-order valence-electron chi connectivity index (χ3n) is 1.99. The lowest BCUT2D eigenvalue weighted by molar-refractivity contribution is 0.813. The van der Waals surface area contributed by atoms with E-state index in [4.69, 9.17) is 0 Å². The lowest BCUT2D eigenvalue weighted by Crippen LogP contribution is -2.01. The Kier molecular flexibility index (Phi) is 2.45. The van der Waals surface area contributed by atoms with Gasteiger partial charge in [0.25, 0.3) is 0 Å². The van der Waals surface area contributed by atoms with Crippen LogP contribution in [0.1, 0.15) is 0 Å². The molecule has 2 aromatic rings. The topological polar surface area (TPSA) is 48.5 Å². The van der Waals surface area contributed by atoms with Crippen molar-refractivity contribution in [1.82, 2.24) is 24.3 Å². The SMILES string of the molecule is C=CCn1ccnc1-c1ncnn1C=C. The second-order valence-electron chi connectivity index (χ2n) is 2.90. The smallest absolute Gasteiger partial charge is 0.198 e. The molecule has 0 spiro atoms. The van der Waals surface area contributed by atoms with Gasteiger partial charge in [-0.05, 0) is 0 Å². The van der Waals surface area contributed by atoms with E-state index in [2.05, 4.69) is 28.2 Å². The van der Waals surface area contributed by atoms with E-state index < -0.39 is 0 Å².